The van der Waals surface area contributed by atoms with Crippen molar-refractivity contribution < 1.29 is 24.2 Å². The monoisotopic (exact) mass is 277 g/mol. The summed E-state index contributed by atoms with van der Waals surface area (Å²) in [6.45, 7) is 0.199. The number of carbonyl (C=O) groups is 3. The maximum atomic E-state index is 12.1. The summed E-state index contributed by atoms with van der Waals surface area (Å²) >= 11 is 0. The predicted molar refractivity (Wildman–Crippen MR) is 70.4 cm³/mol. The van der Waals surface area contributed by atoms with Gasteiger partial charge in [-0.1, -0.05) is 18.2 Å². The quantitative estimate of drug-likeness (QED) is 0.835. The molecular weight excluding hydrogens is 262 g/mol. The molecule has 0 bridgehead atoms. The van der Waals surface area contributed by atoms with E-state index < -0.39 is 17.9 Å². The number of amides is 1. The first-order valence-electron chi connectivity index (χ1n) is 6.23. The molecule has 106 valence electrons. The number of carboxylic acid groups (broad SMARTS) is 1. The standard InChI is InChI=1S/C14H15NO5/c1-20-14(19)10-8-15(12(16)6-7-13(17)18)11-5-3-2-4-9(10)11/h2-5,10H,6-8H2,1H3,(H,17,18). The Morgan fingerprint density at radius 2 is 2.00 bits per heavy atom. The average Bonchev–Trinajstić information content (AvgIpc) is 2.83. The summed E-state index contributed by atoms with van der Waals surface area (Å²) in [5.74, 6) is -2.22. The molecule has 1 aromatic rings. The molecule has 1 N–H and O–H groups in total. The Balaban J connectivity index is 2.22. The lowest BCUT2D eigenvalue weighted by Crippen LogP contribution is -2.31. The summed E-state index contributed by atoms with van der Waals surface area (Å²) < 4.78 is 4.75. The number of aliphatic carboxylic acids is 1. The van der Waals surface area contributed by atoms with Crippen LogP contribution in [-0.2, 0) is 19.1 Å². The second-order valence-electron chi connectivity index (χ2n) is 4.53. The van der Waals surface area contributed by atoms with Gasteiger partial charge in [-0.2, -0.15) is 0 Å². The molecule has 6 heteroatoms. The third-order valence-electron chi connectivity index (χ3n) is 3.31. The molecule has 1 amide bonds. The molecule has 2 rings (SSSR count). The smallest absolute Gasteiger partial charge is 0.315 e. The van der Waals surface area contributed by atoms with Crippen molar-refractivity contribution in [2.24, 2.45) is 0 Å². The van der Waals surface area contributed by atoms with Crippen LogP contribution in [-0.4, -0.2) is 36.6 Å². The van der Waals surface area contributed by atoms with Crippen molar-refractivity contribution in [2.45, 2.75) is 18.8 Å². The Morgan fingerprint density at radius 3 is 2.65 bits per heavy atom. The number of para-hydroxylation sites is 1. The van der Waals surface area contributed by atoms with E-state index in [1.807, 2.05) is 0 Å². The number of carboxylic acids is 1. The van der Waals surface area contributed by atoms with Gasteiger partial charge in [-0.15, -0.1) is 0 Å². The Bertz CT molecular complexity index is 554. The molecule has 1 aliphatic rings. The molecule has 20 heavy (non-hydrogen) atoms. The number of carbonyl (C=O) groups excluding carboxylic acids is 2. The Labute approximate surface area is 115 Å². The number of benzene rings is 1. The summed E-state index contributed by atoms with van der Waals surface area (Å²) in [5.41, 5.74) is 1.39. The van der Waals surface area contributed by atoms with E-state index in [-0.39, 0.29) is 25.3 Å². The van der Waals surface area contributed by atoms with Crippen LogP contribution in [0.2, 0.25) is 0 Å². The van der Waals surface area contributed by atoms with Gasteiger partial charge in [-0.05, 0) is 11.6 Å². The van der Waals surface area contributed by atoms with Gasteiger partial charge in [0, 0.05) is 18.7 Å². The topological polar surface area (TPSA) is 83.9 Å². The Hall–Kier alpha value is -2.37. The van der Waals surface area contributed by atoms with Gasteiger partial charge in [0.05, 0.1) is 13.5 Å². The van der Waals surface area contributed by atoms with Crippen LogP contribution in [0.15, 0.2) is 24.3 Å². The van der Waals surface area contributed by atoms with Gasteiger partial charge in [0.1, 0.15) is 5.92 Å². The molecule has 0 radical (unpaired) electrons. The lowest BCUT2D eigenvalue weighted by Gasteiger charge is -2.17. The minimum Gasteiger partial charge on any atom is -0.481 e. The number of methoxy groups -OCH3 is 1. The van der Waals surface area contributed by atoms with Crippen LogP contribution in [0.3, 0.4) is 0 Å². The maximum Gasteiger partial charge on any atom is 0.315 e. The van der Waals surface area contributed by atoms with Crippen LogP contribution >= 0.6 is 0 Å². The first-order valence-corrected chi connectivity index (χ1v) is 6.23. The number of anilines is 1. The van der Waals surface area contributed by atoms with Crippen LogP contribution in [0.1, 0.15) is 24.3 Å². The maximum absolute atomic E-state index is 12.1. The molecule has 6 nitrogen and oxygen atoms in total. The summed E-state index contributed by atoms with van der Waals surface area (Å²) in [5, 5.41) is 8.63. The molecule has 0 saturated heterocycles. The van der Waals surface area contributed by atoms with Gasteiger partial charge in [0.15, 0.2) is 0 Å². The van der Waals surface area contributed by atoms with Crippen molar-refractivity contribution in [3.05, 3.63) is 29.8 Å². The van der Waals surface area contributed by atoms with Crippen molar-refractivity contribution in [3.8, 4) is 0 Å². The van der Waals surface area contributed by atoms with E-state index >= 15 is 0 Å². The van der Waals surface area contributed by atoms with Crippen molar-refractivity contribution in [1.82, 2.24) is 0 Å². The molecule has 1 unspecified atom stereocenters. The predicted octanol–water partition coefficient (Wildman–Crippen LogP) is 1.15. The number of hydrogen-bond donors (Lipinski definition) is 1. The van der Waals surface area contributed by atoms with Crippen LogP contribution in [0, 0.1) is 0 Å². The Kier molecular flexibility index (Phi) is 4.02. The fourth-order valence-corrected chi connectivity index (χ4v) is 2.34. The number of fused-ring (bicyclic) bond motifs is 1. The highest BCUT2D eigenvalue weighted by Crippen LogP contribution is 2.37. The molecule has 0 fully saturated rings. The second-order valence-corrected chi connectivity index (χ2v) is 4.53. The Morgan fingerprint density at radius 1 is 1.30 bits per heavy atom. The van der Waals surface area contributed by atoms with Crippen LogP contribution in [0.4, 0.5) is 5.69 Å². The fraction of sp³-hybridized carbons (Fsp3) is 0.357. The van der Waals surface area contributed by atoms with Gasteiger partial charge in [0.25, 0.3) is 0 Å². The average molecular weight is 277 g/mol. The molecule has 1 aliphatic heterocycles. The highest BCUT2D eigenvalue weighted by atomic mass is 16.5. The van der Waals surface area contributed by atoms with E-state index in [0.717, 1.165) is 5.56 Å². The van der Waals surface area contributed by atoms with E-state index in [9.17, 15) is 14.4 Å². The molecule has 0 spiro atoms. The molecule has 0 aromatic heterocycles. The number of hydrogen-bond acceptors (Lipinski definition) is 4. The van der Waals surface area contributed by atoms with Crippen LogP contribution < -0.4 is 4.90 Å². The van der Waals surface area contributed by atoms with E-state index in [4.69, 9.17) is 9.84 Å². The van der Waals surface area contributed by atoms with Gasteiger partial charge in [0.2, 0.25) is 5.91 Å². The van der Waals surface area contributed by atoms with Crippen molar-refractivity contribution >= 4 is 23.5 Å². The molecule has 1 atom stereocenters. The minimum atomic E-state index is -1.02. The molecular formula is C14H15NO5. The lowest BCUT2D eigenvalue weighted by atomic mass is 10.0. The lowest BCUT2D eigenvalue weighted by molar-refractivity contribution is -0.142. The van der Waals surface area contributed by atoms with Crippen molar-refractivity contribution in [3.63, 3.8) is 0 Å². The number of rotatable bonds is 4. The highest BCUT2D eigenvalue weighted by Gasteiger charge is 2.36. The molecule has 1 aromatic carbocycles. The molecule has 0 aliphatic carbocycles. The SMILES string of the molecule is COC(=O)C1CN(C(=O)CCC(=O)O)c2ccccc21. The number of esters is 1. The zero-order valence-electron chi connectivity index (χ0n) is 11.0. The van der Waals surface area contributed by atoms with E-state index in [0.29, 0.717) is 5.69 Å². The van der Waals surface area contributed by atoms with Gasteiger partial charge < -0.3 is 14.7 Å². The number of ether oxygens (including phenoxy) is 1. The molecule has 1 heterocycles. The minimum absolute atomic E-state index is 0.0858. The molecule has 0 saturated carbocycles. The normalized spacial score (nSPS) is 16.6. The zero-order valence-corrected chi connectivity index (χ0v) is 11.0. The zero-order chi connectivity index (χ0) is 14.7. The summed E-state index contributed by atoms with van der Waals surface area (Å²) in [7, 11) is 1.31. The van der Waals surface area contributed by atoms with Gasteiger partial charge in [-0.25, -0.2) is 0 Å². The van der Waals surface area contributed by atoms with Crippen LogP contribution in [0.5, 0.6) is 0 Å². The van der Waals surface area contributed by atoms with E-state index in [1.165, 1.54) is 12.0 Å². The van der Waals surface area contributed by atoms with Gasteiger partial charge >= 0.3 is 11.9 Å². The fourth-order valence-electron chi connectivity index (χ4n) is 2.34. The summed E-state index contributed by atoms with van der Waals surface area (Å²) in [4.78, 5) is 35.8. The third kappa shape index (κ3) is 2.64. The number of nitrogens with zero attached hydrogens (tertiary/aromatic N) is 1. The summed E-state index contributed by atoms with van der Waals surface area (Å²) in [6, 6.07) is 7.09. The largest absolute Gasteiger partial charge is 0.481 e. The first-order chi connectivity index (χ1) is 9.54. The highest BCUT2D eigenvalue weighted by molar-refractivity contribution is 6.00. The summed E-state index contributed by atoms with van der Waals surface area (Å²) in [6.07, 6.45) is -0.308. The van der Waals surface area contributed by atoms with E-state index in [2.05, 4.69) is 0 Å². The second kappa shape index (κ2) is 5.73. The third-order valence-corrected chi connectivity index (χ3v) is 3.31. The van der Waals surface area contributed by atoms with Gasteiger partial charge in [-0.3, -0.25) is 14.4 Å². The van der Waals surface area contributed by atoms with E-state index in [1.54, 1.807) is 24.3 Å². The van der Waals surface area contributed by atoms with Crippen LogP contribution in [0.25, 0.3) is 0 Å². The first kappa shape index (κ1) is 14.0. The van der Waals surface area contributed by atoms with Crippen molar-refractivity contribution in [2.75, 3.05) is 18.6 Å². The van der Waals surface area contributed by atoms with Crippen molar-refractivity contribution in [1.29, 1.82) is 0 Å².